The molecule has 1 saturated heterocycles. The van der Waals surface area contributed by atoms with E-state index in [0.29, 0.717) is 31.8 Å². The molecule has 1 aliphatic rings. The van der Waals surface area contributed by atoms with Crippen molar-refractivity contribution in [3.05, 3.63) is 0 Å². The highest BCUT2D eigenvalue weighted by atomic mass is 16.2. The average molecular weight is 226 g/mol. The van der Waals surface area contributed by atoms with E-state index in [4.69, 9.17) is 5.73 Å². The highest BCUT2D eigenvalue weighted by Crippen LogP contribution is 2.20. The Bertz CT molecular complexity index is 268. The van der Waals surface area contributed by atoms with Gasteiger partial charge in [0.15, 0.2) is 0 Å². The van der Waals surface area contributed by atoms with E-state index in [0.717, 1.165) is 0 Å². The normalized spacial score (nSPS) is 19.9. The molecule has 2 N–H and O–H groups in total. The van der Waals surface area contributed by atoms with E-state index in [9.17, 15) is 9.59 Å². The predicted octanol–water partition coefficient (Wildman–Crippen LogP) is 1.00. The molecule has 0 aromatic rings. The van der Waals surface area contributed by atoms with Gasteiger partial charge in [0.2, 0.25) is 11.8 Å². The molecule has 4 heteroatoms. The van der Waals surface area contributed by atoms with E-state index in [-0.39, 0.29) is 23.7 Å². The van der Waals surface area contributed by atoms with Crippen molar-refractivity contribution < 1.29 is 9.59 Å². The number of piperidine rings is 1. The van der Waals surface area contributed by atoms with Gasteiger partial charge in [0.25, 0.3) is 0 Å². The zero-order valence-electron chi connectivity index (χ0n) is 10.4. The van der Waals surface area contributed by atoms with Crippen LogP contribution in [0, 0.1) is 17.8 Å². The number of carbonyl (C=O) groups is 2. The molecule has 0 aromatic carbocycles. The Morgan fingerprint density at radius 3 is 2.06 bits per heavy atom. The van der Waals surface area contributed by atoms with Gasteiger partial charge >= 0.3 is 0 Å². The fourth-order valence-corrected chi connectivity index (χ4v) is 1.96. The van der Waals surface area contributed by atoms with Crippen LogP contribution in [-0.2, 0) is 9.59 Å². The Morgan fingerprint density at radius 2 is 1.69 bits per heavy atom. The fraction of sp³-hybridized carbons (Fsp3) is 0.833. The average Bonchev–Trinajstić information content (AvgIpc) is 2.27. The van der Waals surface area contributed by atoms with Gasteiger partial charge in [0.05, 0.1) is 0 Å². The lowest BCUT2D eigenvalue weighted by Gasteiger charge is -2.33. The van der Waals surface area contributed by atoms with Crippen molar-refractivity contribution in [1.82, 2.24) is 4.90 Å². The van der Waals surface area contributed by atoms with E-state index in [1.54, 1.807) is 0 Å². The van der Waals surface area contributed by atoms with Gasteiger partial charge in [0.1, 0.15) is 0 Å². The summed E-state index contributed by atoms with van der Waals surface area (Å²) in [7, 11) is 0. The minimum atomic E-state index is -0.232. The van der Waals surface area contributed by atoms with Crippen molar-refractivity contribution in [2.24, 2.45) is 23.5 Å². The number of nitrogens with zero attached hydrogens (tertiary/aromatic N) is 1. The van der Waals surface area contributed by atoms with Gasteiger partial charge in [-0.25, -0.2) is 0 Å². The van der Waals surface area contributed by atoms with Gasteiger partial charge in [0, 0.05) is 24.9 Å². The number of hydrogen-bond donors (Lipinski definition) is 1. The second-order valence-electron chi connectivity index (χ2n) is 5.03. The monoisotopic (exact) mass is 226 g/mol. The molecule has 0 aliphatic carbocycles. The van der Waals surface area contributed by atoms with Crippen molar-refractivity contribution in [2.45, 2.75) is 33.6 Å². The number of rotatable bonds is 3. The molecule has 1 rings (SSSR count). The van der Waals surface area contributed by atoms with Crippen LogP contribution in [0.2, 0.25) is 0 Å². The molecule has 92 valence electrons. The molecular formula is C12H22N2O2. The van der Waals surface area contributed by atoms with Crippen molar-refractivity contribution in [1.29, 1.82) is 0 Å². The molecule has 0 radical (unpaired) electrons. The van der Waals surface area contributed by atoms with E-state index in [1.807, 2.05) is 11.8 Å². The minimum absolute atomic E-state index is 0.0431. The third kappa shape index (κ3) is 2.97. The van der Waals surface area contributed by atoms with Gasteiger partial charge < -0.3 is 10.6 Å². The number of hydrogen-bond acceptors (Lipinski definition) is 2. The van der Waals surface area contributed by atoms with E-state index < -0.39 is 0 Å². The molecule has 1 aliphatic heterocycles. The molecule has 1 unspecified atom stereocenters. The summed E-state index contributed by atoms with van der Waals surface area (Å²) < 4.78 is 0. The summed E-state index contributed by atoms with van der Waals surface area (Å²) >= 11 is 0. The van der Waals surface area contributed by atoms with E-state index in [2.05, 4.69) is 13.8 Å². The molecule has 4 nitrogen and oxygen atoms in total. The summed E-state index contributed by atoms with van der Waals surface area (Å²) in [5.41, 5.74) is 5.25. The summed E-state index contributed by atoms with van der Waals surface area (Å²) in [5, 5.41) is 0. The van der Waals surface area contributed by atoms with Crippen molar-refractivity contribution >= 4 is 11.8 Å². The standard InChI is InChI=1S/C12H22N2O2/c1-8(2)9(3)12(16)14-6-4-10(5-7-14)11(13)15/h8-10H,4-7H2,1-3H3,(H2,13,15). The molecule has 1 heterocycles. The molecule has 0 spiro atoms. The first kappa shape index (κ1) is 13.0. The summed E-state index contributed by atoms with van der Waals surface area (Å²) in [6, 6.07) is 0. The van der Waals surface area contributed by atoms with Crippen LogP contribution in [0.1, 0.15) is 33.6 Å². The van der Waals surface area contributed by atoms with Crippen molar-refractivity contribution in [3.8, 4) is 0 Å². The Labute approximate surface area is 97.2 Å². The van der Waals surface area contributed by atoms with E-state index in [1.165, 1.54) is 0 Å². The van der Waals surface area contributed by atoms with Crippen LogP contribution >= 0.6 is 0 Å². The molecule has 0 bridgehead atoms. The number of amides is 2. The number of likely N-dealkylation sites (tertiary alicyclic amines) is 1. The molecule has 1 fully saturated rings. The summed E-state index contributed by atoms with van der Waals surface area (Å²) in [4.78, 5) is 24.9. The lowest BCUT2D eigenvalue weighted by atomic mass is 9.92. The van der Waals surface area contributed by atoms with Gasteiger partial charge in [-0.05, 0) is 18.8 Å². The second-order valence-corrected chi connectivity index (χ2v) is 5.03. The molecule has 16 heavy (non-hydrogen) atoms. The summed E-state index contributed by atoms with van der Waals surface area (Å²) in [5.74, 6) is 0.354. The highest BCUT2D eigenvalue weighted by Gasteiger charge is 2.28. The molecule has 2 amide bonds. The number of primary amides is 1. The first-order valence-electron chi connectivity index (χ1n) is 6.01. The smallest absolute Gasteiger partial charge is 0.225 e. The van der Waals surface area contributed by atoms with Crippen LogP contribution in [0.5, 0.6) is 0 Å². The SMILES string of the molecule is CC(C)C(C)C(=O)N1CCC(C(N)=O)CC1. The largest absolute Gasteiger partial charge is 0.369 e. The summed E-state index contributed by atoms with van der Waals surface area (Å²) in [6.45, 7) is 7.41. The molecule has 0 saturated carbocycles. The zero-order valence-corrected chi connectivity index (χ0v) is 10.4. The van der Waals surface area contributed by atoms with Gasteiger partial charge in [-0.3, -0.25) is 9.59 Å². The van der Waals surface area contributed by atoms with Crippen LogP contribution in [0.25, 0.3) is 0 Å². The van der Waals surface area contributed by atoms with Crippen LogP contribution in [-0.4, -0.2) is 29.8 Å². The predicted molar refractivity (Wildman–Crippen MR) is 62.5 cm³/mol. The third-order valence-electron chi connectivity index (χ3n) is 3.60. The topological polar surface area (TPSA) is 63.4 Å². The second kappa shape index (κ2) is 5.32. The van der Waals surface area contributed by atoms with Gasteiger partial charge in [-0.1, -0.05) is 20.8 Å². The van der Waals surface area contributed by atoms with E-state index >= 15 is 0 Å². The molecular weight excluding hydrogens is 204 g/mol. The van der Waals surface area contributed by atoms with Crippen LogP contribution < -0.4 is 5.73 Å². The first-order chi connectivity index (χ1) is 7.43. The van der Waals surface area contributed by atoms with Gasteiger partial charge in [-0.15, -0.1) is 0 Å². The van der Waals surface area contributed by atoms with Crippen molar-refractivity contribution in [3.63, 3.8) is 0 Å². The van der Waals surface area contributed by atoms with Gasteiger partial charge in [-0.2, -0.15) is 0 Å². The minimum Gasteiger partial charge on any atom is -0.369 e. The van der Waals surface area contributed by atoms with Crippen molar-refractivity contribution in [2.75, 3.05) is 13.1 Å². The Balaban J connectivity index is 2.47. The number of nitrogens with two attached hydrogens (primary N) is 1. The highest BCUT2D eigenvalue weighted by molar-refractivity contribution is 5.80. The maximum absolute atomic E-state index is 12.0. The first-order valence-corrected chi connectivity index (χ1v) is 6.01. The lowest BCUT2D eigenvalue weighted by molar-refractivity contribution is -0.139. The Morgan fingerprint density at radius 1 is 1.19 bits per heavy atom. The van der Waals surface area contributed by atoms with Crippen LogP contribution in [0.4, 0.5) is 0 Å². The Kier molecular flexibility index (Phi) is 4.33. The number of carbonyl (C=O) groups excluding carboxylic acids is 2. The zero-order chi connectivity index (χ0) is 12.3. The molecule has 1 atom stereocenters. The fourth-order valence-electron chi connectivity index (χ4n) is 1.96. The maximum atomic E-state index is 12.0. The van der Waals surface area contributed by atoms with Crippen LogP contribution in [0.15, 0.2) is 0 Å². The lowest BCUT2D eigenvalue weighted by Crippen LogP contribution is -2.44. The quantitative estimate of drug-likeness (QED) is 0.780. The summed E-state index contributed by atoms with van der Waals surface area (Å²) in [6.07, 6.45) is 1.43. The third-order valence-corrected chi connectivity index (χ3v) is 3.60. The Hall–Kier alpha value is -1.06. The molecule has 0 aromatic heterocycles. The van der Waals surface area contributed by atoms with Crippen LogP contribution in [0.3, 0.4) is 0 Å². The maximum Gasteiger partial charge on any atom is 0.225 e.